The largest absolute Gasteiger partial charge is 0.481 e. The molecule has 1 heterocycles. The van der Waals surface area contributed by atoms with Crippen LogP contribution < -0.4 is 10.6 Å². The van der Waals surface area contributed by atoms with Crippen molar-refractivity contribution < 1.29 is 19.1 Å². The monoisotopic (exact) mass is 295 g/mol. The van der Waals surface area contributed by atoms with Gasteiger partial charge in [-0.25, -0.2) is 9.78 Å². The van der Waals surface area contributed by atoms with Crippen molar-refractivity contribution in [2.75, 3.05) is 6.54 Å². The minimum Gasteiger partial charge on any atom is -0.481 e. The lowest BCUT2D eigenvalue weighted by atomic mass is 9.66. The molecule has 2 amide bonds. The summed E-state index contributed by atoms with van der Waals surface area (Å²) in [5.41, 5.74) is 0.529. The Morgan fingerprint density at radius 3 is 2.52 bits per heavy atom. The summed E-state index contributed by atoms with van der Waals surface area (Å²) < 4.78 is 5.36. The van der Waals surface area contributed by atoms with Crippen molar-refractivity contribution in [2.45, 2.75) is 46.1 Å². The number of amides is 2. The Morgan fingerprint density at radius 2 is 2.05 bits per heavy atom. The lowest BCUT2D eigenvalue weighted by Gasteiger charge is -2.40. The summed E-state index contributed by atoms with van der Waals surface area (Å²) >= 11 is 0. The van der Waals surface area contributed by atoms with Crippen LogP contribution in [0.15, 0.2) is 4.42 Å². The van der Waals surface area contributed by atoms with E-state index in [0.717, 1.165) is 30.7 Å². The summed E-state index contributed by atoms with van der Waals surface area (Å²) in [6.07, 6.45) is 2.81. The minimum absolute atomic E-state index is 0.103. The maximum absolute atomic E-state index is 11.7. The fourth-order valence-corrected chi connectivity index (χ4v) is 2.51. The number of hydrogen-bond acceptors (Lipinski definition) is 4. The van der Waals surface area contributed by atoms with Gasteiger partial charge in [0.1, 0.15) is 5.76 Å². The maximum atomic E-state index is 11.7. The number of urea groups is 1. The van der Waals surface area contributed by atoms with Crippen LogP contribution in [0.2, 0.25) is 0 Å². The fourth-order valence-electron chi connectivity index (χ4n) is 2.51. The molecule has 0 atom stereocenters. The second kappa shape index (κ2) is 6.15. The molecule has 1 aromatic heterocycles. The lowest BCUT2D eigenvalue weighted by molar-refractivity contribution is -0.141. The molecule has 1 aliphatic rings. The number of nitrogens with zero attached hydrogens (tertiary/aromatic N) is 1. The Morgan fingerprint density at radius 1 is 1.33 bits per heavy atom. The van der Waals surface area contributed by atoms with E-state index in [1.165, 1.54) is 0 Å². The fraction of sp³-hybridized carbons (Fsp3) is 0.643. The van der Waals surface area contributed by atoms with Gasteiger partial charge >= 0.3 is 12.0 Å². The Hall–Kier alpha value is -2.05. The average molecular weight is 295 g/mol. The second-order valence-corrected chi connectivity index (χ2v) is 5.71. The third kappa shape index (κ3) is 3.96. The summed E-state index contributed by atoms with van der Waals surface area (Å²) in [5.74, 6) is 0.383. The first-order valence-corrected chi connectivity index (χ1v) is 7.07. The molecule has 0 unspecified atom stereocenters. The van der Waals surface area contributed by atoms with E-state index in [1.807, 2.05) is 13.8 Å². The first-order valence-electron chi connectivity index (χ1n) is 7.07. The number of aromatic nitrogens is 1. The van der Waals surface area contributed by atoms with Crippen LogP contribution in [-0.4, -0.2) is 28.6 Å². The number of carboxylic acids is 1. The van der Waals surface area contributed by atoms with Crippen molar-refractivity contribution in [3.05, 3.63) is 17.3 Å². The van der Waals surface area contributed by atoms with Crippen LogP contribution in [0, 0.1) is 19.3 Å². The molecule has 7 nitrogen and oxygen atoms in total. The highest BCUT2D eigenvalue weighted by atomic mass is 16.4. The molecule has 0 aliphatic heterocycles. The van der Waals surface area contributed by atoms with Crippen LogP contribution >= 0.6 is 0 Å². The van der Waals surface area contributed by atoms with E-state index in [9.17, 15) is 9.59 Å². The molecule has 116 valence electrons. The van der Waals surface area contributed by atoms with Gasteiger partial charge < -0.3 is 20.2 Å². The molecule has 1 aliphatic carbocycles. The van der Waals surface area contributed by atoms with E-state index in [-0.39, 0.29) is 24.4 Å². The highest BCUT2D eigenvalue weighted by Gasteiger charge is 2.39. The van der Waals surface area contributed by atoms with Crippen LogP contribution in [0.4, 0.5) is 4.79 Å². The first-order chi connectivity index (χ1) is 9.90. The molecule has 0 spiro atoms. The molecule has 21 heavy (non-hydrogen) atoms. The minimum atomic E-state index is -0.817. The molecule has 1 aromatic rings. The van der Waals surface area contributed by atoms with Gasteiger partial charge in [-0.15, -0.1) is 0 Å². The van der Waals surface area contributed by atoms with Crippen LogP contribution in [0.1, 0.15) is 43.0 Å². The number of carboxylic acid groups (broad SMARTS) is 1. The van der Waals surface area contributed by atoms with Crippen LogP contribution in [-0.2, 0) is 11.3 Å². The average Bonchev–Trinajstić information content (AvgIpc) is 2.69. The van der Waals surface area contributed by atoms with Gasteiger partial charge in [0, 0.05) is 6.54 Å². The Kier molecular flexibility index (Phi) is 4.50. The molecule has 0 aromatic carbocycles. The van der Waals surface area contributed by atoms with E-state index in [1.54, 1.807) is 0 Å². The predicted molar refractivity (Wildman–Crippen MR) is 74.8 cm³/mol. The number of carbonyl (C=O) groups excluding carboxylic acids is 1. The molecule has 2 rings (SSSR count). The van der Waals surface area contributed by atoms with Crippen molar-refractivity contribution in [3.8, 4) is 0 Å². The van der Waals surface area contributed by atoms with Crippen molar-refractivity contribution in [1.29, 1.82) is 0 Å². The number of oxazole rings is 1. The SMILES string of the molecule is Cc1nc(CNC(=O)NCC2(CC(=O)O)CCC2)oc1C. The topological polar surface area (TPSA) is 104 Å². The summed E-state index contributed by atoms with van der Waals surface area (Å²) in [6, 6.07) is -0.333. The molecular weight excluding hydrogens is 274 g/mol. The third-order valence-electron chi connectivity index (χ3n) is 4.04. The smallest absolute Gasteiger partial charge is 0.315 e. The molecule has 1 saturated carbocycles. The van der Waals surface area contributed by atoms with Gasteiger partial charge in [0.25, 0.3) is 0 Å². The molecule has 0 bridgehead atoms. The quantitative estimate of drug-likeness (QED) is 0.741. The first kappa shape index (κ1) is 15.3. The van der Waals surface area contributed by atoms with E-state index in [0.29, 0.717) is 12.4 Å². The van der Waals surface area contributed by atoms with Crippen molar-refractivity contribution in [1.82, 2.24) is 15.6 Å². The number of nitrogens with one attached hydrogen (secondary N) is 2. The van der Waals surface area contributed by atoms with Crippen LogP contribution in [0.3, 0.4) is 0 Å². The normalized spacial score (nSPS) is 16.1. The molecule has 7 heteroatoms. The second-order valence-electron chi connectivity index (χ2n) is 5.71. The van der Waals surface area contributed by atoms with E-state index < -0.39 is 5.97 Å². The van der Waals surface area contributed by atoms with E-state index in [4.69, 9.17) is 9.52 Å². The summed E-state index contributed by atoms with van der Waals surface area (Å²) in [7, 11) is 0. The van der Waals surface area contributed by atoms with Crippen LogP contribution in [0.5, 0.6) is 0 Å². The Labute approximate surface area is 123 Å². The summed E-state index contributed by atoms with van der Waals surface area (Å²) in [4.78, 5) is 26.8. The Bertz CT molecular complexity index is 515. The molecule has 1 fully saturated rings. The third-order valence-corrected chi connectivity index (χ3v) is 4.04. The number of rotatable bonds is 6. The van der Waals surface area contributed by atoms with Crippen molar-refractivity contribution >= 4 is 12.0 Å². The highest BCUT2D eigenvalue weighted by molar-refractivity contribution is 5.74. The van der Waals surface area contributed by atoms with Crippen molar-refractivity contribution in [3.63, 3.8) is 0 Å². The van der Waals surface area contributed by atoms with E-state index in [2.05, 4.69) is 15.6 Å². The van der Waals surface area contributed by atoms with Crippen molar-refractivity contribution in [2.24, 2.45) is 5.41 Å². The summed E-state index contributed by atoms with van der Waals surface area (Å²) in [5, 5.41) is 14.3. The zero-order valence-corrected chi connectivity index (χ0v) is 12.4. The number of carbonyl (C=O) groups is 2. The van der Waals surface area contributed by atoms with Gasteiger partial charge in [0.15, 0.2) is 0 Å². The summed E-state index contributed by atoms with van der Waals surface area (Å²) in [6.45, 7) is 4.26. The highest BCUT2D eigenvalue weighted by Crippen LogP contribution is 2.43. The van der Waals surface area contributed by atoms with Gasteiger partial charge in [-0.3, -0.25) is 4.79 Å². The van der Waals surface area contributed by atoms with Gasteiger partial charge in [-0.2, -0.15) is 0 Å². The number of aryl methyl sites for hydroxylation is 2. The molecule has 3 N–H and O–H groups in total. The molecule has 0 radical (unpaired) electrons. The zero-order chi connectivity index (χ0) is 15.5. The molecular formula is C14H21N3O4. The standard InChI is InChI=1S/C14H21N3O4/c1-9-10(2)21-11(17-9)7-15-13(20)16-8-14(4-3-5-14)6-12(18)19/h3-8H2,1-2H3,(H,18,19)(H2,15,16,20). The van der Waals surface area contributed by atoms with Gasteiger partial charge in [-0.1, -0.05) is 6.42 Å². The number of aliphatic carboxylic acids is 1. The van der Waals surface area contributed by atoms with Gasteiger partial charge in [-0.05, 0) is 32.1 Å². The van der Waals surface area contributed by atoms with Crippen LogP contribution in [0.25, 0.3) is 0 Å². The number of hydrogen-bond donors (Lipinski definition) is 3. The lowest BCUT2D eigenvalue weighted by Crippen LogP contribution is -2.46. The van der Waals surface area contributed by atoms with Gasteiger partial charge in [0.05, 0.1) is 18.7 Å². The van der Waals surface area contributed by atoms with E-state index >= 15 is 0 Å². The maximum Gasteiger partial charge on any atom is 0.315 e. The molecule has 0 saturated heterocycles. The Balaban J connectivity index is 1.75. The van der Waals surface area contributed by atoms with Gasteiger partial charge in [0.2, 0.25) is 5.89 Å². The zero-order valence-electron chi connectivity index (χ0n) is 12.4. The predicted octanol–water partition coefficient (Wildman–Crippen LogP) is 1.74.